The summed E-state index contributed by atoms with van der Waals surface area (Å²) >= 11 is 0. The first-order valence-electron chi connectivity index (χ1n) is 15.8. The summed E-state index contributed by atoms with van der Waals surface area (Å²) in [5, 5.41) is 4.05. The van der Waals surface area contributed by atoms with Crippen LogP contribution in [0.3, 0.4) is 0 Å². The summed E-state index contributed by atoms with van der Waals surface area (Å²) in [6.45, 7) is 3.47. The van der Waals surface area contributed by atoms with Crippen LogP contribution in [0.25, 0.3) is 44.8 Å². The minimum Gasteiger partial charge on any atom is -0.494 e. The van der Waals surface area contributed by atoms with E-state index >= 15 is 0 Å². The van der Waals surface area contributed by atoms with Gasteiger partial charge >= 0.3 is 0 Å². The number of nitrogens with zero attached hydrogens (tertiary/aromatic N) is 5. The molecule has 2 aliphatic heterocycles. The van der Waals surface area contributed by atoms with Crippen molar-refractivity contribution in [2.24, 2.45) is 18.7 Å². The van der Waals surface area contributed by atoms with Gasteiger partial charge in [-0.3, -0.25) is 9.59 Å². The number of anilines is 1. The molecule has 0 unspecified atom stereocenters. The monoisotopic (exact) mass is 603 g/mol. The molecule has 0 radical (unpaired) electrons. The summed E-state index contributed by atoms with van der Waals surface area (Å²) in [7, 11) is 3.63. The van der Waals surface area contributed by atoms with E-state index in [0.29, 0.717) is 35.7 Å². The smallest absolute Gasteiger partial charge is 0.254 e. The normalized spacial score (nSPS) is 19.7. The van der Waals surface area contributed by atoms with E-state index in [1.54, 1.807) is 7.11 Å². The molecule has 230 valence electrons. The number of methoxy groups -OCH3 is 1. The second-order valence-corrected chi connectivity index (χ2v) is 12.9. The van der Waals surface area contributed by atoms with Crippen molar-refractivity contribution in [1.29, 1.82) is 0 Å². The van der Waals surface area contributed by atoms with Crippen LogP contribution in [0, 0.1) is 5.92 Å². The summed E-state index contributed by atoms with van der Waals surface area (Å²) in [5.41, 5.74) is 13.8. The number of para-hydroxylation sites is 1. The average molecular weight is 604 g/mol. The third-order valence-corrected chi connectivity index (χ3v) is 9.73. The standard InChI is InChI=1S/C35H37N7O3/c1-19-7-11-24(36)18-41(19)35(44)23-13-27-32(29(15-23)45-3)40(2)34(38-27)28-14-22-10-12-26(37-33(22)42(28)17-20-8-9-20)25-6-4-5-21-16-30(43)39-31(21)25/h4-6,10,12-15,19-20,24H,7-9,11,16-18,36H2,1-3H3,(H,39,43)/t19-,24+/m0/s1. The van der Waals surface area contributed by atoms with Gasteiger partial charge in [0, 0.05) is 48.7 Å². The molecule has 10 heteroatoms. The Bertz CT molecular complexity index is 2020. The number of hydrogen-bond acceptors (Lipinski definition) is 6. The maximum Gasteiger partial charge on any atom is 0.254 e. The van der Waals surface area contributed by atoms with Crippen LogP contribution in [0.15, 0.2) is 48.5 Å². The maximum absolute atomic E-state index is 13.7. The molecule has 1 saturated carbocycles. The molecule has 8 rings (SSSR count). The van der Waals surface area contributed by atoms with Gasteiger partial charge in [0.25, 0.3) is 5.91 Å². The highest BCUT2D eigenvalue weighted by Crippen LogP contribution is 2.39. The van der Waals surface area contributed by atoms with Gasteiger partial charge in [-0.1, -0.05) is 18.2 Å². The number of carbonyl (C=O) groups is 2. The van der Waals surface area contributed by atoms with Crippen LogP contribution in [0.2, 0.25) is 0 Å². The number of pyridine rings is 1. The molecule has 3 aliphatic rings. The van der Waals surface area contributed by atoms with Crippen molar-refractivity contribution in [3.63, 3.8) is 0 Å². The summed E-state index contributed by atoms with van der Waals surface area (Å²) in [4.78, 5) is 38.1. The van der Waals surface area contributed by atoms with E-state index in [1.807, 2.05) is 48.3 Å². The molecule has 2 amide bonds. The Morgan fingerprint density at radius 3 is 2.73 bits per heavy atom. The summed E-state index contributed by atoms with van der Waals surface area (Å²) in [5.74, 6) is 1.95. The molecule has 1 saturated heterocycles. The van der Waals surface area contributed by atoms with E-state index in [9.17, 15) is 9.59 Å². The Hall–Kier alpha value is -4.70. The molecule has 2 atom stereocenters. The van der Waals surface area contributed by atoms with E-state index in [0.717, 1.165) is 70.0 Å². The van der Waals surface area contributed by atoms with Gasteiger partial charge in [-0.15, -0.1) is 0 Å². The average Bonchev–Trinajstić information content (AvgIpc) is 3.54. The Kier molecular flexibility index (Phi) is 6.46. The predicted octanol–water partition coefficient (Wildman–Crippen LogP) is 5.12. The van der Waals surface area contributed by atoms with Crippen LogP contribution in [0.1, 0.15) is 48.5 Å². The minimum absolute atomic E-state index is 0.00840. The number of nitrogens with two attached hydrogens (primary N) is 1. The van der Waals surface area contributed by atoms with Crippen LogP contribution < -0.4 is 15.8 Å². The Morgan fingerprint density at radius 2 is 1.93 bits per heavy atom. The number of amides is 2. The molecule has 0 bridgehead atoms. The molecule has 2 fully saturated rings. The van der Waals surface area contributed by atoms with Crippen LogP contribution in [-0.4, -0.2) is 61.6 Å². The van der Waals surface area contributed by atoms with Crippen molar-refractivity contribution in [2.45, 2.75) is 57.7 Å². The number of piperidine rings is 1. The topological polar surface area (TPSA) is 120 Å². The summed E-state index contributed by atoms with van der Waals surface area (Å²) in [6, 6.07) is 16.1. The first-order valence-corrected chi connectivity index (χ1v) is 15.8. The number of nitrogens with one attached hydrogen (secondary N) is 1. The highest BCUT2D eigenvalue weighted by atomic mass is 16.5. The van der Waals surface area contributed by atoms with Crippen molar-refractivity contribution < 1.29 is 14.3 Å². The van der Waals surface area contributed by atoms with E-state index < -0.39 is 0 Å². The SMILES string of the molecule is COc1cc(C(=O)N2C[C@H](N)CC[C@@H]2C)cc2nc(-c3cc4ccc(-c5cccc6c5NC(=O)C6)nc4n3CC3CC3)n(C)c12. The van der Waals surface area contributed by atoms with E-state index in [1.165, 1.54) is 12.8 Å². The number of benzene rings is 2. The molecule has 3 aromatic heterocycles. The molecule has 5 aromatic rings. The maximum atomic E-state index is 13.7. The summed E-state index contributed by atoms with van der Waals surface area (Å²) in [6.07, 6.45) is 4.59. The number of aromatic nitrogens is 4. The van der Waals surface area contributed by atoms with Gasteiger partial charge in [0.15, 0.2) is 5.82 Å². The van der Waals surface area contributed by atoms with E-state index in [2.05, 4.69) is 33.5 Å². The second kappa shape index (κ2) is 10.4. The number of fused-ring (bicyclic) bond motifs is 3. The predicted molar refractivity (Wildman–Crippen MR) is 174 cm³/mol. The van der Waals surface area contributed by atoms with Crippen molar-refractivity contribution in [3.05, 3.63) is 59.7 Å². The first-order chi connectivity index (χ1) is 21.8. The van der Waals surface area contributed by atoms with Crippen molar-refractivity contribution in [1.82, 2.24) is 24.0 Å². The number of ether oxygens (including phenoxy) is 1. The van der Waals surface area contributed by atoms with Gasteiger partial charge in [0.05, 0.1) is 36.1 Å². The Balaban J connectivity index is 1.25. The molecule has 3 N–H and O–H groups in total. The molecular formula is C35H37N7O3. The zero-order chi connectivity index (χ0) is 31.0. The number of hydrogen-bond donors (Lipinski definition) is 2. The fourth-order valence-corrected chi connectivity index (χ4v) is 7.07. The number of aryl methyl sites for hydroxylation is 1. The lowest BCUT2D eigenvalue weighted by Crippen LogP contribution is -2.50. The van der Waals surface area contributed by atoms with Gasteiger partial charge < -0.3 is 29.8 Å². The lowest BCUT2D eigenvalue weighted by atomic mass is 9.99. The number of likely N-dealkylation sites (tertiary alicyclic amines) is 1. The van der Waals surface area contributed by atoms with Gasteiger partial charge in [-0.25, -0.2) is 9.97 Å². The Labute approximate surface area is 261 Å². The molecular weight excluding hydrogens is 566 g/mol. The van der Waals surface area contributed by atoms with Gasteiger partial charge in [0.1, 0.15) is 16.9 Å². The van der Waals surface area contributed by atoms with Crippen molar-refractivity contribution in [3.8, 4) is 28.5 Å². The fraction of sp³-hybridized carbons (Fsp3) is 0.371. The summed E-state index contributed by atoms with van der Waals surface area (Å²) < 4.78 is 10.2. The third kappa shape index (κ3) is 4.66. The number of carbonyl (C=O) groups excluding carboxylic acids is 2. The third-order valence-electron chi connectivity index (χ3n) is 9.73. The molecule has 0 spiro atoms. The largest absolute Gasteiger partial charge is 0.494 e. The van der Waals surface area contributed by atoms with Gasteiger partial charge in [0.2, 0.25) is 5.91 Å². The highest BCUT2D eigenvalue weighted by Gasteiger charge is 2.31. The molecule has 10 nitrogen and oxygen atoms in total. The number of rotatable bonds is 6. The van der Waals surface area contributed by atoms with Crippen LogP contribution in [-0.2, 0) is 24.8 Å². The van der Waals surface area contributed by atoms with E-state index in [-0.39, 0.29) is 23.9 Å². The lowest BCUT2D eigenvalue weighted by molar-refractivity contribution is -0.115. The van der Waals surface area contributed by atoms with Crippen molar-refractivity contribution >= 4 is 39.6 Å². The van der Waals surface area contributed by atoms with Gasteiger partial charge in [-0.2, -0.15) is 0 Å². The fourth-order valence-electron chi connectivity index (χ4n) is 7.07. The zero-order valence-electron chi connectivity index (χ0n) is 25.8. The Morgan fingerprint density at radius 1 is 1.09 bits per heavy atom. The van der Waals surface area contributed by atoms with E-state index in [4.69, 9.17) is 20.4 Å². The molecule has 2 aromatic carbocycles. The lowest BCUT2D eigenvalue weighted by Gasteiger charge is -2.36. The first kappa shape index (κ1) is 27.8. The highest BCUT2D eigenvalue weighted by molar-refractivity contribution is 6.04. The van der Waals surface area contributed by atoms with Crippen molar-refractivity contribution in [2.75, 3.05) is 19.0 Å². The molecule has 5 heterocycles. The minimum atomic E-state index is -0.0479. The quantitative estimate of drug-likeness (QED) is 0.278. The van der Waals surface area contributed by atoms with Crippen LogP contribution in [0.4, 0.5) is 5.69 Å². The van der Waals surface area contributed by atoms with Crippen LogP contribution in [0.5, 0.6) is 5.75 Å². The van der Waals surface area contributed by atoms with Crippen LogP contribution >= 0.6 is 0 Å². The van der Waals surface area contributed by atoms with Gasteiger partial charge in [-0.05, 0) is 74.4 Å². The zero-order valence-corrected chi connectivity index (χ0v) is 25.8. The molecule has 45 heavy (non-hydrogen) atoms. The molecule has 1 aliphatic carbocycles. The number of imidazole rings is 1. The second-order valence-electron chi connectivity index (χ2n) is 12.9.